The van der Waals surface area contributed by atoms with Crippen LogP contribution in [0.25, 0.3) is 0 Å². The highest BCUT2D eigenvalue weighted by molar-refractivity contribution is 7.89. The molecule has 0 atom stereocenters. The van der Waals surface area contributed by atoms with Gasteiger partial charge in [0, 0.05) is 18.6 Å². The lowest BCUT2D eigenvalue weighted by Gasteiger charge is -2.19. The SMILES string of the molecule is CN(Cc1cccc(Cl)c1)S(=O)(=O)c1ccccc1CO. The van der Waals surface area contributed by atoms with Crippen LogP contribution >= 0.6 is 11.6 Å². The summed E-state index contributed by atoms with van der Waals surface area (Å²) < 4.78 is 26.4. The van der Waals surface area contributed by atoms with Gasteiger partial charge in [-0.25, -0.2) is 8.42 Å². The van der Waals surface area contributed by atoms with E-state index in [1.165, 1.54) is 17.4 Å². The second kappa shape index (κ2) is 6.58. The minimum atomic E-state index is -3.66. The van der Waals surface area contributed by atoms with Gasteiger partial charge in [-0.15, -0.1) is 0 Å². The Morgan fingerprint density at radius 3 is 2.52 bits per heavy atom. The predicted octanol–water partition coefficient (Wildman–Crippen LogP) is 2.65. The molecule has 0 saturated heterocycles. The molecule has 6 heteroatoms. The molecule has 2 rings (SSSR count). The zero-order valence-electron chi connectivity index (χ0n) is 11.5. The van der Waals surface area contributed by atoms with Gasteiger partial charge in [0.2, 0.25) is 10.0 Å². The van der Waals surface area contributed by atoms with E-state index in [0.717, 1.165) is 5.56 Å². The molecule has 1 N–H and O–H groups in total. The number of benzene rings is 2. The largest absolute Gasteiger partial charge is 0.392 e. The van der Waals surface area contributed by atoms with Crippen LogP contribution in [0.1, 0.15) is 11.1 Å². The van der Waals surface area contributed by atoms with E-state index in [0.29, 0.717) is 10.6 Å². The lowest BCUT2D eigenvalue weighted by molar-refractivity contribution is 0.278. The van der Waals surface area contributed by atoms with Crippen LogP contribution in [0, 0.1) is 0 Å². The van der Waals surface area contributed by atoms with Gasteiger partial charge < -0.3 is 5.11 Å². The molecular weight excluding hydrogens is 310 g/mol. The molecule has 2 aromatic rings. The standard InChI is InChI=1S/C15H16ClNO3S/c1-17(10-12-5-4-7-14(16)9-12)21(19,20)15-8-3-2-6-13(15)11-18/h2-9,18H,10-11H2,1H3. The number of hydrogen-bond donors (Lipinski definition) is 1. The van der Waals surface area contributed by atoms with Crippen LogP contribution in [0.4, 0.5) is 0 Å². The van der Waals surface area contributed by atoms with E-state index in [1.807, 2.05) is 6.07 Å². The fourth-order valence-corrected chi connectivity index (χ4v) is 3.61. The van der Waals surface area contributed by atoms with Gasteiger partial charge in [0.05, 0.1) is 11.5 Å². The van der Waals surface area contributed by atoms with Gasteiger partial charge in [-0.05, 0) is 29.3 Å². The average Bonchev–Trinajstić information content (AvgIpc) is 2.47. The van der Waals surface area contributed by atoms with Crippen molar-refractivity contribution in [2.24, 2.45) is 0 Å². The summed E-state index contributed by atoms with van der Waals surface area (Å²) in [5.74, 6) is 0. The number of nitrogens with zero attached hydrogens (tertiary/aromatic N) is 1. The number of sulfonamides is 1. The third-order valence-electron chi connectivity index (χ3n) is 3.13. The van der Waals surface area contributed by atoms with Crippen molar-refractivity contribution in [3.63, 3.8) is 0 Å². The maximum atomic E-state index is 12.6. The van der Waals surface area contributed by atoms with Crippen LogP contribution in [0.3, 0.4) is 0 Å². The summed E-state index contributed by atoms with van der Waals surface area (Å²) >= 11 is 5.91. The molecule has 0 saturated carbocycles. The minimum absolute atomic E-state index is 0.122. The van der Waals surface area contributed by atoms with E-state index in [9.17, 15) is 13.5 Å². The fraction of sp³-hybridized carbons (Fsp3) is 0.200. The van der Waals surface area contributed by atoms with E-state index in [2.05, 4.69) is 0 Å². The number of aliphatic hydroxyl groups is 1. The molecule has 0 aliphatic heterocycles. The summed E-state index contributed by atoms with van der Waals surface area (Å²) in [6.45, 7) is -0.108. The second-order valence-corrected chi connectivity index (χ2v) is 7.11. The molecule has 4 nitrogen and oxygen atoms in total. The van der Waals surface area contributed by atoms with Crippen LogP contribution < -0.4 is 0 Å². The van der Waals surface area contributed by atoms with Crippen molar-refractivity contribution >= 4 is 21.6 Å². The Kier molecular flexibility index (Phi) is 5.00. The molecule has 0 bridgehead atoms. The first-order valence-electron chi connectivity index (χ1n) is 6.34. The van der Waals surface area contributed by atoms with Crippen LogP contribution in [-0.4, -0.2) is 24.9 Å². The smallest absolute Gasteiger partial charge is 0.243 e. The maximum Gasteiger partial charge on any atom is 0.243 e. The Labute approximate surface area is 129 Å². The van der Waals surface area contributed by atoms with Crippen molar-refractivity contribution in [2.75, 3.05) is 7.05 Å². The summed E-state index contributed by atoms with van der Waals surface area (Å²) in [7, 11) is -2.16. The van der Waals surface area contributed by atoms with Crippen molar-refractivity contribution < 1.29 is 13.5 Å². The highest BCUT2D eigenvalue weighted by Crippen LogP contribution is 2.21. The Bertz CT molecular complexity index is 731. The minimum Gasteiger partial charge on any atom is -0.392 e. The van der Waals surface area contributed by atoms with Gasteiger partial charge in [-0.2, -0.15) is 4.31 Å². The van der Waals surface area contributed by atoms with Crippen molar-refractivity contribution in [3.8, 4) is 0 Å². The summed E-state index contributed by atoms with van der Waals surface area (Å²) in [5, 5.41) is 9.85. The van der Waals surface area contributed by atoms with Gasteiger partial charge in [0.25, 0.3) is 0 Å². The molecule has 0 radical (unpaired) electrons. The van der Waals surface area contributed by atoms with Gasteiger partial charge in [-0.1, -0.05) is 41.9 Å². The summed E-state index contributed by atoms with van der Waals surface area (Å²) in [4.78, 5) is 0.122. The first kappa shape index (κ1) is 16.0. The molecule has 112 valence electrons. The highest BCUT2D eigenvalue weighted by atomic mass is 35.5. The van der Waals surface area contributed by atoms with E-state index in [1.54, 1.807) is 36.4 Å². The van der Waals surface area contributed by atoms with Crippen molar-refractivity contribution in [2.45, 2.75) is 18.0 Å². The molecule has 0 spiro atoms. The third kappa shape index (κ3) is 3.63. The Morgan fingerprint density at radius 2 is 1.86 bits per heavy atom. The predicted molar refractivity (Wildman–Crippen MR) is 82.5 cm³/mol. The summed E-state index contributed by atoms with van der Waals surface area (Å²) in [5.41, 5.74) is 1.19. The maximum absolute atomic E-state index is 12.6. The second-order valence-electron chi connectivity index (χ2n) is 4.66. The average molecular weight is 326 g/mol. The van der Waals surface area contributed by atoms with Crippen LogP contribution in [0.15, 0.2) is 53.4 Å². The van der Waals surface area contributed by atoms with E-state index in [4.69, 9.17) is 11.6 Å². The highest BCUT2D eigenvalue weighted by Gasteiger charge is 2.23. The first-order valence-corrected chi connectivity index (χ1v) is 8.16. The monoisotopic (exact) mass is 325 g/mol. The third-order valence-corrected chi connectivity index (χ3v) is 5.26. The van der Waals surface area contributed by atoms with Crippen LogP contribution in [-0.2, 0) is 23.2 Å². The molecule has 0 unspecified atom stereocenters. The van der Waals surface area contributed by atoms with Crippen molar-refractivity contribution in [3.05, 3.63) is 64.7 Å². The molecule has 0 fully saturated rings. The molecule has 0 amide bonds. The van der Waals surface area contributed by atoms with Crippen molar-refractivity contribution in [1.29, 1.82) is 0 Å². The molecule has 0 aliphatic carbocycles. The molecule has 0 aliphatic rings. The number of aliphatic hydroxyl groups excluding tert-OH is 1. The number of hydrogen-bond acceptors (Lipinski definition) is 3. The van der Waals surface area contributed by atoms with Gasteiger partial charge in [0.15, 0.2) is 0 Å². The van der Waals surface area contributed by atoms with E-state index in [-0.39, 0.29) is 18.0 Å². The quantitative estimate of drug-likeness (QED) is 0.919. The molecule has 0 aromatic heterocycles. The van der Waals surface area contributed by atoms with Gasteiger partial charge in [-0.3, -0.25) is 0 Å². The van der Waals surface area contributed by atoms with Gasteiger partial charge >= 0.3 is 0 Å². The fourth-order valence-electron chi connectivity index (χ4n) is 2.03. The molecule has 21 heavy (non-hydrogen) atoms. The van der Waals surface area contributed by atoms with E-state index < -0.39 is 10.0 Å². The van der Waals surface area contributed by atoms with E-state index >= 15 is 0 Å². The normalized spacial score (nSPS) is 11.8. The Morgan fingerprint density at radius 1 is 1.14 bits per heavy atom. The van der Waals surface area contributed by atoms with Crippen molar-refractivity contribution in [1.82, 2.24) is 4.31 Å². The Balaban J connectivity index is 2.31. The number of halogens is 1. The molecule has 0 heterocycles. The molecule has 2 aromatic carbocycles. The lowest BCUT2D eigenvalue weighted by Crippen LogP contribution is -2.27. The van der Waals surface area contributed by atoms with Crippen LogP contribution in [0.5, 0.6) is 0 Å². The summed E-state index contributed by atoms with van der Waals surface area (Å²) in [6, 6.07) is 13.5. The molecular formula is C15H16ClNO3S. The zero-order chi connectivity index (χ0) is 15.5. The lowest BCUT2D eigenvalue weighted by atomic mass is 10.2. The Hall–Kier alpha value is -1.40. The first-order chi connectivity index (χ1) is 9.95. The van der Waals surface area contributed by atoms with Gasteiger partial charge in [0.1, 0.15) is 0 Å². The summed E-state index contributed by atoms with van der Waals surface area (Å²) in [6.07, 6.45) is 0. The topological polar surface area (TPSA) is 57.6 Å². The van der Waals surface area contributed by atoms with Crippen LogP contribution in [0.2, 0.25) is 5.02 Å². The zero-order valence-corrected chi connectivity index (χ0v) is 13.1. The number of rotatable bonds is 5.